The molecule has 1 N–H and O–H groups in total. The van der Waals surface area contributed by atoms with Gasteiger partial charge in [0.05, 0.1) is 23.9 Å². The number of nitrogens with one attached hydrogen (secondary N) is 1. The number of fused-ring (bicyclic) bond motifs is 1. The van der Waals surface area contributed by atoms with Gasteiger partial charge in [0, 0.05) is 48.6 Å². The molecule has 0 unspecified atom stereocenters. The molecule has 7 nitrogen and oxygen atoms in total. The average Bonchev–Trinajstić information content (AvgIpc) is 3.23. The molecular formula is C23H24N6O. The van der Waals surface area contributed by atoms with Crippen LogP contribution in [-0.2, 0) is 11.3 Å². The molecule has 5 rings (SSSR count). The highest BCUT2D eigenvalue weighted by atomic mass is 16.5. The lowest BCUT2D eigenvalue weighted by molar-refractivity contribution is 0.131. The first-order valence-corrected chi connectivity index (χ1v) is 10.3. The molecule has 0 aliphatic carbocycles. The number of ether oxygens (including phenoxy) is 1. The van der Waals surface area contributed by atoms with E-state index >= 15 is 0 Å². The molecule has 0 atom stereocenters. The largest absolute Gasteiger partial charge is 0.381 e. The Morgan fingerprint density at radius 3 is 2.87 bits per heavy atom. The molecule has 3 aromatic rings. The smallest absolute Gasteiger partial charge is 0.157 e. The highest BCUT2D eigenvalue weighted by Gasteiger charge is 2.46. The van der Waals surface area contributed by atoms with Gasteiger partial charge in [-0.2, -0.15) is 10.4 Å². The van der Waals surface area contributed by atoms with Crippen LogP contribution < -0.4 is 10.2 Å². The van der Waals surface area contributed by atoms with Crippen LogP contribution in [0.2, 0.25) is 0 Å². The molecule has 2 aliphatic rings. The van der Waals surface area contributed by atoms with Crippen molar-refractivity contribution in [2.75, 3.05) is 36.5 Å². The fraction of sp³-hybridized carbons (Fsp3) is 0.391. The summed E-state index contributed by atoms with van der Waals surface area (Å²) < 4.78 is 5.60. The fourth-order valence-corrected chi connectivity index (χ4v) is 4.46. The summed E-state index contributed by atoms with van der Waals surface area (Å²) in [5.74, 6) is 1.71. The molecule has 0 saturated carbocycles. The number of pyridine rings is 1. The molecule has 30 heavy (non-hydrogen) atoms. The van der Waals surface area contributed by atoms with E-state index in [4.69, 9.17) is 9.72 Å². The number of rotatable bonds is 4. The van der Waals surface area contributed by atoms with Gasteiger partial charge in [0.2, 0.25) is 0 Å². The van der Waals surface area contributed by atoms with Gasteiger partial charge in [0.25, 0.3) is 0 Å². The summed E-state index contributed by atoms with van der Waals surface area (Å²) in [5.41, 5.74) is 3.94. The average molecular weight is 400 g/mol. The Bertz CT molecular complexity index is 1150. The number of nitriles is 1. The molecule has 4 heterocycles. The topological polar surface area (TPSA) is 87.0 Å². The molecule has 1 spiro atoms. The Labute approximate surface area is 175 Å². The van der Waals surface area contributed by atoms with Crippen LogP contribution in [-0.4, -0.2) is 41.5 Å². The van der Waals surface area contributed by atoms with E-state index in [1.807, 2.05) is 38.2 Å². The number of aryl methyl sites for hydroxylation is 1. The van der Waals surface area contributed by atoms with Crippen LogP contribution in [0.3, 0.4) is 0 Å². The minimum atomic E-state index is 0.313. The van der Waals surface area contributed by atoms with Crippen LogP contribution in [0.4, 0.5) is 11.6 Å². The number of anilines is 2. The summed E-state index contributed by atoms with van der Waals surface area (Å²) in [7, 11) is 0. The van der Waals surface area contributed by atoms with E-state index < -0.39 is 0 Å². The van der Waals surface area contributed by atoms with Crippen LogP contribution in [0.1, 0.15) is 28.8 Å². The third-order valence-corrected chi connectivity index (χ3v) is 6.41. The molecule has 2 saturated heterocycles. The summed E-state index contributed by atoms with van der Waals surface area (Å²) in [6.07, 6.45) is 3.03. The normalized spacial score (nSPS) is 17.2. The first-order chi connectivity index (χ1) is 14.6. The molecule has 1 aromatic carbocycles. The Morgan fingerprint density at radius 2 is 2.10 bits per heavy atom. The van der Waals surface area contributed by atoms with E-state index in [-0.39, 0.29) is 0 Å². The molecule has 152 valence electrons. The predicted octanol–water partition coefficient (Wildman–Crippen LogP) is 3.35. The molecule has 0 radical (unpaired) electrons. The predicted molar refractivity (Wildman–Crippen MR) is 115 cm³/mol. The van der Waals surface area contributed by atoms with Gasteiger partial charge in [0.1, 0.15) is 5.82 Å². The second-order valence-electron chi connectivity index (χ2n) is 8.44. The van der Waals surface area contributed by atoms with Crippen molar-refractivity contribution >= 4 is 22.4 Å². The van der Waals surface area contributed by atoms with Gasteiger partial charge in [-0.25, -0.2) is 4.98 Å². The van der Waals surface area contributed by atoms with Crippen molar-refractivity contribution in [3.63, 3.8) is 0 Å². The first-order valence-electron chi connectivity index (χ1n) is 10.3. The van der Waals surface area contributed by atoms with Crippen molar-refractivity contribution in [1.82, 2.24) is 15.2 Å². The van der Waals surface area contributed by atoms with Crippen molar-refractivity contribution in [3.05, 3.63) is 52.8 Å². The number of aromatic nitrogens is 3. The van der Waals surface area contributed by atoms with E-state index in [2.05, 4.69) is 32.5 Å². The van der Waals surface area contributed by atoms with Crippen LogP contribution in [0, 0.1) is 30.6 Å². The van der Waals surface area contributed by atoms with Gasteiger partial charge >= 0.3 is 0 Å². The third-order valence-electron chi connectivity index (χ3n) is 6.41. The van der Waals surface area contributed by atoms with E-state index in [9.17, 15) is 5.26 Å². The Kier molecular flexibility index (Phi) is 4.52. The van der Waals surface area contributed by atoms with Crippen molar-refractivity contribution in [3.8, 4) is 6.07 Å². The summed E-state index contributed by atoms with van der Waals surface area (Å²) in [6.45, 7) is 8.22. The second-order valence-corrected chi connectivity index (χ2v) is 8.44. The van der Waals surface area contributed by atoms with Crippen molar-refractivity contribution in [2.24, 2.45) is 5.41 Å². The maximum atomic E-state index is 9.28. The molecule has 7 heteroatoms. The molecular weight excluding hydrogens is 376 g/mol. The van der Waals surface area contributed by atoms with Crippen molar-refractivity contribution < 1.29 is 4.74 Å². The monoisotopic (exact) mass is 400 g/mol. The summed E-state index contributed by atoms with van der Waals surface area (Å²) in [6, 6.07) is 10.1. The van der Waals surface area contributed by atoms with Gasteiger partial charge in [-0.3, -0.25) is 0 Å². The summed E-state index contributed by atoms with van der Waals surface area (Å²) in [5, 5.41) is 23.4. The van der Waals surface area contributed by atoms with E-state index in [0.29, 0.717) is 17.5 Å². The maximum absolute atomic E-state index is 9.28. The quantitative estimate of drug-likeness (QED) is 0.718. The lowest BCUT2D eigenvalue weighted by Crippen LogP contribution is -2.57. The van der Waals surface area contributed by atoms with Gasteiger partial charge in [-0.15, -0.1) is 5.10 Å². The van der Waals surface area contributed by atoms with Crippen LogP contribution in [0.15, 0.2) is 30.5 Å². The highest BCUT2D eigenvalue weighted by molar-refractivity contribution is 5.94. The minimum absolute atomic E-state index is 0.313. The Hall–Kier alpha value is -3.24. The zero-order valence-electron chi connectivity index (χ0n) is 17.3. The SMILES string of the molecule is Cc1c(C#N)cccc1CNc1nnc(C)c2cnc(N3CC4(CCOC4)C3)cc12. The highest BCUT2D eigenvalue weighted by Crippen LogP contribution is 2.41. The van der Waals surface area contributed by atoms with Crippen molar-refractivity contribution in [2.45, 2.75) is 26.8 Å². The molecule has 2 aliphatic heterocycles. The van der Waals surface area contributed by atoms with E-state index in [0.717, 1.165) is 72.0 Å². The first kappa shape index (κ1) is 18.8. The van der Waals surface area contributed by atoms with E-state index in [1.165, 1.54) is 0 Å². The Balaban J connectivity index is 1.42. The number of hydrogen-bond donors (Lipinski definition) is 1. The van der Waals surface area contributed by atoms with Crippen LogP contribution in [0.25, 0.3) is 10.8 Å². The third kappa shape index (κ3) is 3.14. The lowest BCUT2D eigenvalue weighted by Gasteiger charge is -2.47. The van der Waals surface area contributed by atoms with Crippen molar-refractivity contribution in [1.29, 1.82) is 5.26 Å². The molecule has 0 bridgehead atoms. The van der Waals surface area contributed by atoms with Gasteiger partial charge in [-0.1, -0.05) is 12.1 Å². The zero-order chi connectivity index (χ0) is 20.7. The maximum Gasteiger partial charge on any atom is 0.157 e. The summed E-state index contributed by atoms with van der Waals surface area (Å²) in [4.78, 5) is 7.01. The van der Waals surface area contributed by atoms with E-state index in [1.54, 1.807) is 0 Å². The van der Waals surface area contributed by atoms with Gasteiger partial charge in [-0.05, 0) is 43.5 Å². The molecule has 0 amide bonds. The fourth-order valence-electron chi connectivity index (χ4n) is 4.46. The minimum Gasteiger partial charge on any atom is -0.381 e. The molecule has 2 aromatic heterocycles. The zero-order valence-corrected chi connectivity index (χ0v) is 17.3. The van der Waals surface area contributed by atoms with Crippen LogP contribution >= 0.6 is 0 Å². The van der Waals surface area contributed by atoms with Gasteiger partial charge in [0.15, 0.2) is 5.82 Å². The molecule has 2 fully saturated rings. The second kappa shape index (κ2) is 7.22. The van der Waals surface area contributed by atoms with Crippen LogP contribution in [0.5, 0.6) is 0 Å². The number of hydrogen-bond acceptors (Lipinski definition) is 7. The summed E-state index contributed by atoms with van der Waals surface area (Å²) >= 11 is 0. The van der Waals surface area contributed by atoms with Gasteiger partial charge < -0.3 is 15.0 Å². The standard InChI is InChI=1S/C23H24N6O/c1-15-17(9-24)4-3-5-18(15)10-26-22-19-8-21(25-11-20(19)16(2)27-28-22)29-12-23(13-29)6-7-30-14-23/h3-5,8,11H,6-7,10,12-14H2,1-2H3,(H,26,28). The Morgan fingerprint density at radius 1 is 1.23 bits per heavy atom. The lowest BCUT2D eigenvalue weighted by atomic mass is 9.79. The number of benzene rings is 1. The number of nitrogens with zero attached hydrogens (tertiary/aromatic N) is 5.